The van der Waals surface area contributed by atoms with Crippen LogP contribution < -0.4 is 0 Å². The van der Waals surface area contributed by atoms with Gasteiger partial charge >= 0.3 is 0 Å². The van der Waals surface area contributed by atoms with Gasteiger partial charge in [-0.3, -0.25) is 9.69 Å². The van der Waals surface area contributed by atoms with Gasteiger partial charge in [-0.05, 0) is 18.3 Å². The molecule has 94 valence electrons. The van der Waals surface area contributed by atoms with E-state index >= 15 is 0 Å². The lowest BCUT2D eigenvalue weighted by Crippen LogP contribution is -2.44. The first-order valence-corrected chi connectivity index (χ1v) is 6.36. The molecule has 0 aromatic carbocycles. The largest absolute Gasteiger partial charge is 0.392 e. The van der Waals surface area contributed by atoms with Gasteiger partial charge in [-0.25, -0.2) is 0 Å². The molecule has 3 heteroatoms. The van der Waals surface area contributed by atoms with E-state index in [9.17, 15) is 9.90 Å². The van der Waals surface area contributed by atoms with Crippen molar-refractivity contribution >= 4 is 5.78 Å². The highest BCUT2D eigenvalue weighted by atomic mass is 16.3. The number of carbonyl (C=O) groups is 1. The number of Topliss-reactive ketones (excluding diaryl/α,β-unsaturated/α-hetero) is 1. The minimum Gasteiger partial charge on any atom is -0.392 e. The molecule has 0 amide bonds. The molecule has 1 unspecified atom stereocenters. The Morgan fingerprint density at radius 3 is 2.38 bits per heavy atom. The number of aliphatic hydroxyl groups is 1. The van der Waals surface area contributed by atoms with E-state index in [0.717, 1.165) is 13.0 Å². The molecule has 16 heavy (non-hydrogen) atoms. The zero-order valence-electron chi connectivity index (χ0n) is 10.9. The monoisotopic (exact) mass is 227 g/mol. The smallest absolute Gasteiger partial charge is 0.150 e. The number of aliphatic hydroxyl groups excluding tert-OH is 1. The van der Waals surface area contributed by atoms with Gasteiger partial charge in [-0.15, -0.1) is 0 Å². The summed E-state index contributed by atoms with van der Waals surface area (Å²) in [5, 5.41) is 9.54. The van der Waals surface area contributed by atoms with Gasteiger partial charge in [0.15, 0.2) is 0 Å². The molecule has 1 saturated heterocycles. The van der Waals surface area contributed by atoms with Crippen LogP contribution in [-0.4, -0.2) is 41.0 Å². The molecule has 0 spiro atoms. The summed E-state index contributed by atoms with van der Waals surface area (Å²) in [5.74, 6) is 1.08. The molecule has 0 aliphatic carbocycles. The molecule has 0 aromatic rings. The molecule has 1 fully saturated rings. The summed E-state index contributed by atoms with van der Waals surface area (Å²) in [7, 11) is 0. The summed E-state index contributed by atoms with van der Waals surface area (Å²) in [6.45, 7) is 9.85. The van der Waals surface area contributed by atoms with E-state index < -0.39 is 0 Å². The summed E-state index contributed by atoms with van der Waals surface area (Å²) in [5.41, 5.74) is 0. The summed E-state index contributed by atoms with van der Waals surface area (Å²) in [6.07, 6.45) is 1.21. The fourth-order valence-electron chi connectivity index (χ4n) is 2.54. The van der Waals surface area contributed by atoms with E-state index in [0.29, 0.717) is 30.6 Å². The Kier molecular flexibility index (Phi) is 4.93. The quantitative estimate of drug-likeness (QED) is 0.777. The standard InChI is InChI=1S/C13H25NO2/c1-9(2)7-12(16)13(10(3)4)14-6-5-11(15)8-14/h9-11,13,15H,5-8H2,1-4H3/t11?,13-/m0/s1. The third kappa shape index (κ3) is 3.56. The number of β-amino-alcohol motifs (C(OH)–C–C–N with tert-alkyl or cyclic N) is 1. The molecule has 1 aliphatic rings. The van der Waals surface area contributed by atoms with Crippen LogP contribution in [0.25, 0.3) is 0 Å². The predicted molar refractivity (Wildman–Crippen MR) is 65.3 cm³/mol. The molecule has 1 rings (SSSR count). The van der Waals surface area contributed by atoms with Crippen molar-refractivity contribution < 1.29 is 9.90 Å². The second-order valence-electron chi connectivity index (χ2n) is 5.69. The third-order valence-electron chi connectivity index (χ3n) is 3.16. The fraction of sp³-hybridized carbons (Fsp3) is 0.923. The van der Waals surface area contributed by atoms with Gasteiger partial charge in [-0.2, -0.15) is 0 Å². The number of hydrogen-bond donors (Lipinski definition) is 1. The Balaban J connectivity index is 2.63. The highest BCUT2D eigenvalue weighted by molar-refractivity contribution is 5.84. The highest BCUT2D eigenvalue weighted by Crippen LogP contribution is 2.21. The molecule has 2 atom stereocenters. The van der Waals surface area contributed by atoms with Crippen molar-refractivity contribution in [3.63, 3.8) is 0 Å². The van der Waals surface area contributed by atoms with Gasteiger partial charge in [0.2, 0.25) is 0 Å². The average molecular weight is 227 g/mol. The van der Waals surface area contributed by atoms with Crippen LogP contribution >= 0.6 is 0 Å². The van der Waals surface area contributed by atoms with E-state index in [2.05, 4.69) is 32.6 Å². The van der Waals surface area contributed by atoms with Gasteiger partial charge in [0.25, 0.3) is 0 Å². The molecule has 0 saturated carbocycles. The summed E-state index contributed by atoms with van der Waals surface area (Å²) in [4.78, 5) is 14.3. The van der Waals surface area contributed by atoms with Crippen LogP contribution in [0.5, 0.6) is 0 Å². The lowest BCUT2D eigenvalue weighted by molar-refractivity contribution is -0.126. The van der Waals surface area contributed by atoms with Crippen LogP contribution in [0.4, 0.5) is 0 Å². The average Bonchev–Trinajstić information content (AvgIpc) is 2.49. The first-order valence-electron chi connectivity index (χ1n) is 6.36. The summed E-state index contributed by atoms with van der Waals surface area (Å²) >= 11 is 0. The molecule has 0 aromatic heterocycles. The number of nitrogens with zero attached hydrogens (tertiary/aromatic N) is 1. The number of hydrogen-bond acceptors (Lipinski definition) is 3. The number of carbonyl (C=O) groups excluding carboxylic acids is 1. The maximum atomic E-state index is 12.2. The van der Waals surface area contributed by atoms with Gasteiger partial charge in [0, 0.05) is 19.5 Å². The number of ketones is 1. The molecular formula is C13H25NO2. The van der Waals surface area contributed by atoms with Crippen LogP contribution in [0.15, 0.2) is 0 Å². The van der Waals surface area contributed by atoms with Crippen molar-refractivity contribution in [3.05, 3.63) is 0 Å². The van der Waals surface area contributed by atoms with Gasteiger partial charge in [0.05, 0.1) is 12.1 Å². The lowest BCUT2D eigenvalue weighted by atomic mass is 9.93. The molecule has 1 N–H and O–H groups in total. The molecule has 1 aliphatic heterocycles. The zero-order valence-corrected chi connectivity index (χ0v) is 10.9. The van der Waals surface area contributed by atoms with Crippen LogP contribution in [0.1, 0.15) is 40.5 Å². The third-order valence-corrected chi connectivity index (χ3v) is 3.16. The topological polar surface area (TPSA) is 40.5 Å². The van der Waals surface area contributed by atoms with Gasteiger partial charge in [0.1, 0.15) is 5.78 Å². The molecule has 0 bridgehead atoms. The van der Waals surface area contributed by atoms with Crippen LogP contribution in [-0.2, 0) is 4.79 Å². The Morgan fingerprint density at radius 2 is 2.00 bits per heavy atom. The van der Waals surface area contributed by atoms with Gasteiger partial charge < -0.3 is 5.11 Å². The van der Waals surface area contributed by atoms with E-state index in [4.69, 9.17) is 0 Å². The Hall–Kier alpha value is -0.410. The molecule has 0 radical (unpaired) electrons. The zero-order chi connectivity index (χ0) is 12.3. The Morgan fingerprint density at radius 1 is 1.38 bits per heavy atom. The van der Waals surface area contributed by atoms with Crippen LogP contribution in [0.2, 0.25) is 0 Å². The van der Waals surface area contributed by atoms with Crippen molar-refractivity contribution in [1.82, 2.24) is 4.90 Å². The maximum Gasteiger partial charge on any atom is 0.150 e. The predicted octanol–water partition coefficient (Wildman–Crippen LogP) is 1.69. The van der Waals surface area contributed by atoms with Crippen LogP contribution in [0, 0.1) is 11.8 Å². The fourth-order valence-corrected chi connectivity index (χ4v) is 2.54. The van der Waals surface area contributed by atoms with E-state index in [1.165, 1.54) is 0 Å². The normalized spacial score (nSPS) is 24.3. The second-order valence-corrected chi connectivity index (χ2v) is 5.69. The SMILES string of the molecule is CC(C)CC(=O)[C@H](C(C)C)N1CCC(O)C1. The summed E-state index contributed by atoms with van der Waals surface area (Å²) in [6, 6.07) is -0.000417. The molecule has 1 heterocycles. The minimum absolute atomic E-state index is 0.000417. The summed E-state index contributed by atoms with van der Waals surface area (Å²) < 4.78 is 0. The van der Waals surface area contributed by atoms with E-state index in [-0.39, 0.29) is 12.1 Å². The molecular weight excluding hydrogens is 202 g/mol. The number of rotatable bonds is 5. The van der Waals surface area contributed by atoms with Crippen molar-refractivity contribution in [1.29, 1.82) is 0 Å². The van der Waals surface area contributed by atoms with Crippen molar-refractivity contribution in [2.45, 2.75) is 52.7 Å². The van der Waals surface area contributed by atoms with Crippen LogP contribution in [0.3, 0.4) is 0 Å². The first kappa shape index (κ1) is 13.7. The lowest BCUT2D eigenvalue weighted by Gasteiger charge is -2.30. The number of likely N-dealkylation sites (tertiary alicyclic amines) is 1. The van der Waals surface area contributed by atoms with Crippen molar-refractivity contribution in [2.75, 3.05) is 13.1 Å². The van der Waals surface area contributed by atoms with E-state index in [1.54, 1.807) is 0 Å². The van der Waals surface area contributed by atoms with Gasteiger partial charge in [-0.1, -0.05) is 27.7 Å². The highest BCUT2D eigenvalue weighted by Gasteiger charge is 2.33. The minimum atomic E-state index is -0.243. The van der Waals surface area contributed by atoms with Crippen molar-refractivity contribution in [3.8, 4) is 0 Å². The van der Waals surface area contributed by atoms with E-state index in [1.807, 2.05) is 0 Å². The Labute approximate surface area is 98.8 Å². The Bertz CT molecular complexity index is 238. The first-order chi connectivity index (χ1) is 7.41. The molecule has 3 nitrogen and oxygen atoms in total. The van der Waals surface area contributed by atoms with Crippen molar-refractivity contribution in [2.24, 2.45) is 11.8 Å². The maximum absolute atomic E-state index is 12.2. The second kappa shape index (κ2) is 5.78.